The van der Waals surface area contributed by atoms with Gasteiger partial charge in [0.15, 0.2) is 11.3 Å². The van der Waals surface area contributed by atoms with E-state index in [0.29, 0.717) is 46.6 Å². The van der Waals surface area contributed by atoms with E-state index in [1.807, 2.05) is 27.0 Å². The molecular weight excluding hydrogens is 646 g/mol. The summed E-state index contributed by atoms with van der Waals surface area (Å²) in [5.41, 5.74) is 8.47. The minimum atomic E-state index is -2.87. The molecule has 0 aromatic carbocycles. The number of pyridine rings is 1. The van der Waals surface area contributed by atoms with Crippen molar-refractivity contribution in [2.75, 3.05) is 5.32 Å². The number of nitrogens with one attached hydrogen (secondary N) is 1. The summed E-state index contributed by atoms with van der Waals surface area (Å²) in [7, 11) is 0. The highest BCUT2D eigenvalue weighted by molar-refractivity contribution is 9.10. The molecule has 2 amide bonds. The van der Waals surface area contributed by atoms with Gasteiger partial charge in [-0.3, -0.25) is 19.0 Å². The van der Waals surface area contributed by atoms with E-state index < -0.39 is 23.9 Å². The lowest BCUT2D eigenvalue weighted by atomic mass is 10.0. The third-order valence-electron chi connectivity index (χ3n) is 6.93. The molecule has 3 N–H and O–H groups in total. The van der Waals surface area contributed by atoms with Gasteiger partial charge in [-0.1, -0.05) is 0 Å². The van der Waals surface area contributed by atoms with Crippen LogP contribution < -0.4 is 11.1 Å². The first-order valence-electron chi connectivity index (χ1n) is 13.1. The van der Waals surface area contributed by atoms with Gasteiger partial charge in [-0.2, -0.15) is 15.3 Å². The molecule has 6 rings (SSSR count). The molecular formula is C27H23BrF2N10O2S. The predicted octanol–water partition coefficient (Wildman–Crippen LogP) is 5.47. The molecule has 6 aromatic heterocycles. The van der Waals surface area contributed by atoms with Crippen LogP contribution in [0.15, 0.2) is 41.3 Å². The number of halogens is 3. The van der Waals surface area contributed by atoms with Crippen molar-refractivity contribution in [3.63, 3.8) is 0 Å². The molecule has 0 unspecified atom stereocenters. The number of nitrogens with two attached hydrogens (primary N) is 1. The number of carbonyl (C=O) groups excluding carboxylic acids is 2. The molecule has 0 atom stereocenters. The predicted molar refractivity (Wildman–Crippen MR) is 160 cm³/mol. The fourth-order valence-corrected chi connectivity index (χ4v) is 6.39. The van der Waals surface area contributed by atoms with Crippen molar-refractivity contribution in [2.45, 2.75) is 40.3 Å². The van der Waals surface area contributed by atoms with Crippen LogP contribution in [0.4, 0.5) is 14.5 Å². The van der Waals surface area contributed by atoms with Crippen molar-refractivity contribution in [1.82, 2.24) is 39.1 Å². The number of carbonyl (C=O) groups is 2. The van der Waals surface area contributed by atoms with Gasteiger partial charge >= 0.3 is 0 Å². The van der Waals surface area contributed by atoms with Gasteiger partial charge in [0.25, 0.3) is 18.2 Å². The second kappa shape index (κ2) is 10.9. The van der Waals surface area contributed by atoms with Gasteiger partial charge in [-0.15, -0.1) is 11.3 Å². The Balaban J connectivity index is 1.49. The Morgan fingerprint density at radius 1 is 1.16 bits per heavy atom. The van der Waals surface area contributed by atoms with Crippen LogP contribution in [-0.2, 0) is 13.1 Å². The molecule has 0 saturated heterocycles. The molecule has 43 heavy (non-hydrogen) atoms. The van der Waals surface area contributed by atoms with E-state index >= 15 is 0 Å². The normalized spacial score (nSPS) is 11.7. The van der Waals surface area contributed by atoms with Gasteiger partial charge in [0, 0.05) is 48.2 Å². The third kappa shape index (κ3) is 4.85. The van der Waals surface area contributed by atoms with Crippen molar-refractivity contribution in [3.8, 4) is 22.5 Å². The number of anilines is 1. The zero-order chi connectivity index (χ0) is 30.6. The number of alkyl halides is 2. The van der Waals surface area contributed by atoms with Crippen LogP contribution in [0.2, 0.25) is 0 Å². The molecule has 6 heterocycles. The summed E-state index contributed by atoms with van der Waals surface area (Å²) in [5.74, 6) is -1.51. The summed E-state index contributed by atoms with van der Waals surface area (Å²) < 4.78 is 33.5. The molecule has 0 fully saturated rings. The van der Waals surface area contributed by atoms with E-state index in [1.54, 1.807) is 27.8 Å². The van der Waals surface area contributed by atoms with Gasteiger partial charge in [0.2, 0.25) is 0 Å². The summed E-state index contributed by atoms with van der Waals surface area (Å²) in [6.45, 7) is 6.89. The number of hydrogen-bond acceptors (Lipinski definition) is 8. The van der Waals surface area contributed by atoms with Crippen LogP contribution in [0.5, 0.6) is 0 Å². The summed E-state index contributed by atoms with van der Waals surface area (Å²) in [5, 5.41) is 16.4. The van der Waals surface area contributed by atoms with Gasteiger partial charge in [0.1, 0.15) is 21.1 Å². The molecule has 0 aliphatic rings. The Morgan fingerprint density at radius 2 is 1.95 bits per heavy atom. The van der Waals surface area contributed by atoms with Crippen molar-refractivity contribution < 1.29 is 18.4 Å². The molecule has 6 aromatic rings. The first-order valence-corrected chi connectivity index (χ1v) is 14.7. The molecule has 0 spiro atoms. The van der Waals surface area contributed by atoms with Gasteiger partial charge < -0.3 is 11.1 Å². The van der Waals surface area contributed by atoms with Gasteiger partial charge in [-0.05, 0) is 54.4 Å². The maximum atomic E-state index is 13.9. The number of nitrogens with zero attached hydrogens (tertiary/aromatic N) is 8. The average Bonchev–Trinajstić information content (AvgIpc) is 3.76. The minimum Gasteiger partial charge on any atom is -0.365 e. The van der Waals surface area contributed by atoms with E-state index in [4.69, 9.17) is 5.73 Å². The second-order valence-corrected chi connectivity index (χ2v) is 11.3. The summed E-state index contributed by atoms with van der Waals surface area (Å²) in [6, 6.07) is 4.47. The van der Waals surface area contributed by atoms with Crippen LogP contribution in [0.3, 0.4) is 0 Å². The second-order valence-electron chi connectivity index (χ2n) is 9.47. The number of primary amides is 1. The Bertz CT molecular complexity index is 2060. The van der Waals surface area contributed by atoms with Crippen LogP contribution >= 0.6 is 27.3 Å². The number of amides is 2. The minimum absolute atomic E-state index is 0.00513. The fourth-order valence-electron chi connectivity index (χ4n) is 4.86. The maximum absolute atomic E-state index is 13.9. The van der Waals surface area contributed by atoms with Crippen molar-refractivity contribution in [1.29, 1.82) is 0 Å². The summed E-state index contributed by atoms with van der Waals surface area (Å²) >= 11 is 4.35. The van der Waals surface area contributed by atoms with Crippen LogP contribution in [0.25, 0.3) is 38.4 Å². The van der Waals surface area contributed by atoms with E-state index in [1.165, 1.54) is 16.6 Å². The molecule has 0 aliphatic carbocycles. The Hall–Kier alpha value is -4.57. The lowest BCUT2D eigenvalue weighted by Crippen LogP contribution is -2.17. The van der Waals surface area contributed by atoms with Crippen molar-refractivity contribution in [3.05, 3.63) is 63.2 Å². The van der Waals surface area contributed by atoms with Gasteiger partial charge in [0.05, 0.1) is 22.1 Å². The Labute approximate surface area is 254 Å². The number of hydrogen-bond donors (Lipinski definition) is 2. The molecule has 16 heteroatoms. The van der Waals surface area contributed by atoms with Crippen LogP contribution in [-0.4, -0.2) is 51.0 Å². The summed E-state index contributed by atoms with van der Waals surface area (Å²) in [4.78, 5) is 34.7. The van der Waals surface area contributed by atoms with E-state index in [9.17, 15) is 18.4 Å². The molecule has 0 saturated carbocycles. The summed E-state index contributed by atoms with van der Waals surface area (Å²) in [6.07, 6.45) is 2.11. The molecule has 0 radical (unpaired) electrons. The topological polar surface area (TPSA) is 151 Å². The van der Waals surface area contributed by atoms with E-state index in [-0.39, 0.29) is 21.1 Å². The SMILES string of the molecule is CCn1cc(Br)c(-c2ccnc3cc(C(=O)Nc4c(C(N)=O)sc5nc(C(F)F)cc(-c6cnn(CC)c6C)c45)nn23)n1. The largest absolute Gasteiger partial charge is 0.365 e. The number of aromatic nitrogens is 8. The third-order valence-corrected chi connectivity index (χ3v) is 8.61. The fraction of sp³-hybridized carbons (Fsp3) is 0.222. The van der Waals surface area contributed by atoms with E-state index in [2.05, 4.69) is 46.5 Å². The Kier molecular flexibility index (Phi) is 7.25. The number of fused-ring (bicyclic) bond motifs is 2. The smallest absolute Gasteiger partial charge is 0.280 e. The highest BCUT2D eigenvalue weighted by Crippen LogP contribution is 2.43. The average molecular weight is 670 g/mol. The standard InChI is InChI=1S/C27H23BrF2N10O2S/c1-4-38-11-15(28)21(37-38)18-6-7-32-19-9-17(36-40(18)19)26(42)35-22-20-13(14-10-33-39(5-2)12(14)3)8-16(24(29)30)34-27(20)43-23(22)25(31)41/h6-11,24H,4-5H2,1-3H3,(H2,31,41)(H,35,42). The Morgan fingerprint density at radius 3 is 2.60 bits per heavy atom. The number of aryl methyl sites for hydroxylation is 2. The van der Waals surface area contributed by atoms with Crippen LogP contribution in [0.1, 0.15) is 51.8 Å². The molecule has 0 aliphatic heterocycles. The zero-order valence-corrected chi connectivity index (χ0v) is 25.4. The first-order chi connectivity index (χ1) is 20.6. The van der Waals surface area contributed by atoms with Gasteiger partial charge in [-0.25, -0.2) is 23.3 Å². The van der Waals surface area contributed by atoms with Crippen LogP contribution in [0, 0.1) is 6.92 Å². The van der Waals surface area contributed by atoms with E-state index in [0.717, 1.165) is 21.5 Å². The quantitative estimate of drug-likeness (QED) is 0.218. The molecule has 220 valence electrons. The monoisotopic (exact) mass is 668 g/mol. The zero-order valence-electron chi connectivity index (χ0n) is 23.0. The highest BCUT2D eigenvalue weighted by Gasteiger charge is 2.27. The van der Waals surface area contributed by atoms with Crippen molar-refractivity contribution in [2.24, 2.45) is 5.73 Å². The lowest BCUT2D eigenvalue weighted by molar-refractivity contribution is 0.100. The molecule has 0 bridgehead atoms. The highest BCUT2D eigenvalue weighted by atomic mass is 79.9. The number of thiophene rings is 1. The first kappa shape index (κ1) is 28.5. The maximum Gasteiger partial charge on any atom is 0.280 e. The molecule has 12 nitrogen and oxygen atoms in total. The number of rotatable bonds is 8. The van der Waals surface area contributed by atoms with Crippen molar-refractivity contribution >= 4 is 60.6 Å². The lowest BCUT2D eigenvalue weighted by Gasteiger charge is -2.10.